The van der Waals surface area contributed by atoms with Crippen molar-refractivity contribution in [2.45, 2.75) is 25.7 Å². The van der Waals surface area contributed by atoms with Gasteiger partial charge in [-0.05, 0) is 61.4 Å². The van der Waals surface area contributed by atoms with Gasteiger partial charge in [-0.25, -0.2) is 9.59 Å². The summed E-state index contributed by atoms with van der Waals surface area (Å²) in [7, 11) is 0. The molecule has 176 valence electrons. The summed E-state index contributed by atoms with van der Waals surface area (Å²) in [6, 6.07) is 12.8. The Morgan fingerprint density at radius 2 is 1.03 bits per heavy atom. The minimum Gasteiger partial charge on any atom is -0.454 e. The van der Waals surface area contributed by atoms with Crippen LogP contribution in [0.15, 0.2) is 48.5 Å². The van der Waals surface area contributed by atoms with E-state index in [-0.39, 0.29) is 22.9 Å². The summed E-state index contributed by atoms with van der Waals surface area (Å²) in [6.45, 7) is 0.235. The first-order valence-corrected chi connectivity index (χ1v) is 11.1. The fourth-order valence-corrected chi connectivity index (χ4v) is 3.90. The van der Waals surface area contributed by atoms with Gasteiger partial charge in [0.05, 0.1) is 11.1 Å². The van der Waals surface area contributed by atoms with E-state index in [1.807, 2.05) is 0 Å². The zero-order valence-electron chi connectivity index (χ0n) is 18.5. The van der Waals surface area contributed by atoms with Gasteiger partial charge < -0.3 is 19.3 Å². The Kier molecular flexibility index (Phi) is 7.01. The average Bonchev–Trinajstić information content (AvgIpc) is 3.49. The number of nitrogens with zero attached hydrogens (tertiary/aromatic N) is 2. The van der Waals surface area contributed by atoms with Crippen molar-refractivity contribution in [1.82, 2.24) is 0 Å². The van der Waals surface area contributed by atoms with Crippen molar-refractivity contribution in [2.75, 3.05) is 36.1 Å². The molecule has 0 spiro atoms. The molecule has 4 rings (SSSR count). The van der Waals surface area contributed by atoms with Gasteiger partial charge in [0.1, 0.15) is 0 Å². The van der Waals surface area contributed by atoms with Crippen LogP contribution >= 0.6 is 0 Å². The predicted octanol–water partition coefficient (Wildman–Crippen LogP) is 2.52. The zero-order valence-corrected chi connectivity index (χ0v) is 18.5. The van der Waals surface area contributed by atoms with Gasteiger partial charge in [-0.2, -0.15) is 0 Å². The first kappa shape index (κ1) is 23.2. The molecule has 2 saturated heterocycles. The van der Waals surface area contributed by atoms with E-state index >= 15 is 0 Å². The van der Waals surface area contributed by atoms with Gasteiger partial charge in [-0.3, -0.25) is 14.4 Å². The molecule has 2 heterocycles. The maximum absolute atomic E-state index is 12.2. The van der Waals surface area contributed by atoms with Gasteiger partial charge in [0.2, 0.25) is 17.6 Å². The Bertz CT molecular complexity index is 1020. The highest BCUT2D eigenvalue weighted by molar-refractivity contribution is 5.98. The second-order valence-corrected chi connectivity index (χ2v) is 8.08. The molecule has 0 aromatic heterocycles. The number of benzene rings is 2. The van der Waals surface area contributed by atoms with Gasteiger partial charge in [0, 0.05) is 37.3 Å². The van der Waals surface area contributed by atoms with Crippen LogP contribution in [0, 0.1) is 0 Å². The highest BCUT2D eigenvalue weighted by atomic mass is 16.6. The zero-order chi connectivity index (χ0) is 24.1. The van der Waals surface area contributed by atoms with E-state index in [0.29, 0.717) is 37.3 Å². The average molecular weight is 464 g/mol. The number of carbonyl (C=O) groups is 5. The molecule has 0 atom stereocenters. The van der Waals surface area contributed by atoms with Crippen LogP contribution < -0.4 is 9.80 Å². The molecule has 34 heavy (non-hydrogen) atoms. The lowest BCUT2D eigenvalue weighted by Crippen LogP contribution is -2.24. The van der Waals surface area contributed by atoms with Crippen molar-refractivity contribution in [3.05, 3.63) is 59.7 Å². The third kappa shape index (κ3) is 5.31. The molecule has 0 saturated carbocycles. The van der Waals surface area contributed by atoms with E-state index < -0.39 is 30.9 Å². The molecule has 0 unspecified atom stereocenters. The van der Waals surface area contributed by atoms with Crippen molar-refractivity contribution in [3.8, 4) is 0 Å². The second-order valence-electron chi connectivity index (χ2n) is 8.08. The standard InChI is InChI=1S/C25H24N2O7/c28-21(15-33-24(31)17-5-9-19(10-6-17)26-13-1-3-22(26)29)16-34-25(32)18-7-11-20(12-8-18)27-14-2-4-23(27)30/h5-12H,1-4,13-16H2. The molecule has 2 amide bonds. The predicted molar refractivity (Wildman–Crippen MR) is 122 cm³/mol. The molecule has 9 nitrogen and oxygen atoms in total. The highest BCUT2D eigenvalue weighted by Gasteiger charge is 2.23. The number of esters is 2. The Hall–Kier alpha value is -4.01. The van der Waals surface area contributed by atoms with Crippen LogP contribution in [-0.2, 0) is 23.9 Å². The van der Waals surface area contributed by atoms with Crippen LogP contribution in [0.2, 0.25) is 0 Å². The summed E-state index contributed by atoms with van der Waals surface area (Å²) in [4.78, 5) is 63.3. The number of carbonyl (C=O) groups excluding carboxylic acids is 5. The molecule has 2 aromatic rings. The third-order valence-corrected chi connectivity index (χ3v) is 5.70. The molecule has 0 aliphatic carbocycles. The maximum atomic E-state index is 12.2. The summed E-state index contributed by atoms with van der Waals surface area (Å²) >= 11 is 0. The summed E-state index contributed by atoms with van der Waals surface area (Å²) in [5, 5.41) is 0. The number of ketones is 1. The number of anilines is 2. The minimum atomic E-state index is -0.689. The van der Waals surface area contributed by atoms with Crippen LogP contribution in [0.5, 0.6) is 0 Å². The monoisotopic (exact) mass is 464 g/mol. The van der Waals surface area contributed by atoms with Gasteiger partial charge in [0.15, 0.2) is 13.2 Å². The third-order valence-electron chi connectivity index (χ3n) is 5.70. The van der Waals surface area contributed by atoms with Crippen molar-refractivity contribution in [2.24, 2.45) is 0 Å². The quantitative estimate of drug-likeness (QED) is 0.552. The second kappa shape index (κ2) is 10.3. The van der Waals surface area contributed by atoms with Gasteiger partial charge in [-0.15, -0.1) is 0 Å². The van der Waals surface area contributed by atoms with Crippen molar-refractivity contribution in [3.63, 3.8) is 0 Å². The van der Waals surface area contributed by atoms with Crippen molar-refractivity contribution < 1.29 is 33.4 Å². The Morgan fingerprint density at radius 1 is 0.647 bits per heavy atom. The molecule has 2 fully saturated rings. The molecular weight excluding hydrogens is 440 g/mol. The Labute approximate surface area is 196 Å². The fraction of sp³-hybridized carbons (Fsp3) is 0.320. The van der Waals surface area contributed by atoms with Crippen LogP contribution in [0.4, 0.5) is 11.4 Å². The molecule has 0 radical (unpaired) electrons. The van der Waals surface area contributed by atoms with Crippen molar-refractivity contribution >= 4 is 40.9 Å². The number of ether oxygens (including phenoxy) is 2. The largest absolute Gasteiger partial charge is 0.454 e. The number of hydrogen-bond acceptors (Lipinski definition) is 7. The summed E-state index contributed by atoms with van der Waals surface area (Å²) < 4.78 is 10.00. The first-order valence-electron chi connectivity index (χ1n) is 11.1. The van der Waals surface area contributed by atoms with E-state index in [9.17, 15) is 24.0 Å². The number of hydrogen-bond donors (Lipinski definition) is 0. The van der Waals surface area contributed by atoms with E-state index in [1.165, 1.54) is 24.3 Å². The van der Waals surface area contributed by atoms with E-state index in [2.05, 4.69) is 0 Å². The highest BCUT2D eigenvalue weighted by Crippen LogP contribution is 2.23. The minimum absolute atomic E-state index is 0.0492. The van der Waals surface area contributed by atoms with Gasteiger partial charge in [-0.1, -0.05) is 0 Å². The normalized spacial score (nSPS) is 15.5. The molecular formula is C25H24N2O7. The smallest absolute Gasteiger partial charge is 0.338 e. The van der Waals surface area contributed by atoms with Gasteiger partial charge in [0.25, 0.3) is 0 Å². The topological polar surface area (TPSA) is 110 Å². The summed E-state index contributed by atoms with van der Waals surface area (Å²) in [6.07, 6.45) is 2.64. The van der Waals surface area contributed by atoms with Gasteiger partial charge >= 0.3 is 11.9 Å². The molecule has 0 bridgehead atoms. The Balaban J connectivity index is 1.21. The summed E-state index contributed by atoms with van der Waals surface area (Å²) in [5.41, 5.74) is 1.91. The van der Waals surface area contributed by atoms with Crippen molar-refractivity contribution in [1.29, 1.82) is 0 Å². The number of amides is 2. The first-order chi connectivity index (χ1) is 16.4. The van der Waals surface area contributed by atoms with Crippen LogP contribution in [0.25, 0.3) is 0 Å². The molecule has 9 heteroatoms. The van der Waals surface area contributed by atoms with E-state index in [4.69, 9.17) is 9.47 Å². The molecule has 2 aromatic carbocycles. The van der Waals surface area contributed by atoms with E-state index in [1.54, 1.807) is 34.1 Å². The molecule has 2 aliphatic heterocycles. The maximum Gasteiger partial charge on any atom is 0.338 e. The lowest BCUT2D eigenvalue weighted by Gasteiger charge is -2.15. The van der Waals surface area contributed by atoms with Crippen LogP contribution in [-0.4, -0.2) is 55.8 Å². The van der Waals surface area contributed by atoms with E-state index in [0.717, 1.165) is 12.8 Å². The van der Waals surface area contributed by atoms with Crippen LogP contribution in [0.3, 0.4) is 0 Å². The number of rotatable bonds is 8. The molecule has 2 aliphatic rings. The lowest BCUT2D eigenvalue weighted by atomic mass is 10.2. The molecule has 0 N–H and O–H groups in total. The lowest BCUT2D eigenvalue weighted by molar-refractivity contribution is -0.125. The fourth-order valence-electron chi connectivity index (χ4n) is 3.90. The SMILES string of the molecule is O=C(COC(=O)c1ccc(N2CCCC2=O)cc1)COC(=O)c1ccc(N2CCCC2=O)cc1. The Morgan fingerprint density at radius 3 is 1.35 bits per heavy atom. The summed E-state index contributed by atoms with van der Waals surface area (Å²) in [5.74, 6) is -1.85. The number of Topliss-reactive ketones (excluding diaryl/α,β-unsaturated/α-hetero) is 1. The van der Waals surface area contributed by atoms with Crippen LogP contribution in [0.1, 0.15) is 46.4 Å².